The van der Waals surface area contributed by atoms with Crippen molar-refractivity contribution in [3.8, 4) is 0 Å². The van der Waals surface area contributed by atoms with E-state index in [4.69, 9.17) is 5.73 Å². The molecule has 1 fully saturated rings. The van der Waals surface area contributed by atoms with Crippen LogP contribution in [0.2, 0.25) is 0 Å². The molecule has 2 heteroatoms. The molecule has 0 unspecified atom stereocenters. The normalized spacial score (nSPS) is 22.9. The van der Waals surface area contributed by atoms with Crippen molar-refractivity contribution in [1.29, 1.82) is 0 Å². The third kappa shape index (κ3) is 3.04. The van der Waals surface area contributed by atoms with E-state index in [9.17, 15) is 0 Å². The van der Waals surface area contributed by atoms with Gasteiger partial charge in [-0.2, -0.15) is 0 Å². The first kappa shape index (κ1) is 9.40. The number of thioether (sulfide) groups is 1. The van der Waals surface area contributed by atoms with Gasteiger partial charge < -0.3 is 5.73 Å². The van der Waals surface area contributed by atoms with E-state index in [-0.39, 0.29) is 4.75 Å². The Morgan fingerprint density at radius 2 is 1.91 bits per heavy atom. The van der Waals surface area contributed by atoms with E-state index in [0.29, 0.717) is 0 Å². The van der Waals surface area contributed by atoms with Crippen LogP contribution in [-0.2, 0) is 0 Å². The van der Waals surface area contributed by atoms with Crippen LogP contribution in [0.3, 0.4) is 0 Å². The fourth-order valence-electron chi connectivity index (χ4n) is 0.840. The fraction of sp³-hybridized carbons (Fsp3) is 0.444. The molecule has 1 saturated carbocycles. The Kier molecular flexibility index (Phi) is 2.87. The maximum atomic E-state index is 5.73. The second-order valence-electron chi connectivity index (χ2n) is 3.56. The average molecular weight is 168 g/mol. The van der Waals surface area contributed by atoms with Gasteiger partial charge in [0.25, 0.3) is 0 Å². The van der Waals surface area contributed by atoms with E-state index < -0.39 is 0 Å². The lowest BCUT2D eigenvalue weighted by Gasteiger charge is -2.23. The van der Waals surface area contributed by atoms with E-state index in [2.05, 4.69) is 27.2 Å². The summed E-state index contributed by atoms with van der Waals surface area (Å²) in [6.45, 7) is 6.55. The van der Waals surface area contributed by atoms with Crippen molar-refractivity contribution in [3.63, 3.8) is 0 Å². The van der Waals surface area contributed by atoms with Crippen molar-refractivity contribution in [2.75, 3.05) is 0 Å². The average Bonchev–Trinajstić information content (AvgIpc) is 2.12. The standard InChI is InChI=1S/C9H14NS/c1-9(2,3)11-8-6-4-5-7(8)10/h4-6H,10H2,1-3H3. The maximum Gasteiger partial charge on any atom is 0.0568 e. The summed E-state index contributed by atoms with van der Waals surface area (Å²) in [5.74, 6) is 0. The number of hydrogen-bond donors (Lipinski definition) is 1. The molecule has 0 atom stereocenters. The molecule has 0 spiro atoms. The van der Waals surface area contributed by atoms with Crippen LogP contribution in [0.4, 0.5) is 0 Å². The smallest absolute Gasteiger partial charge is 0.0568 e. The molecule has 0 heterocycles. The predicted molar refractivity (Wildman–Crippen MR) is 50.9 cm³/mol. The highest BCUT2D eigenvalue weighted by Gasteiger charge is 2.30. The molecule has 0 aliphatic heterocycles. The fourth-order valence-corrected chi connectivity index (χ4v) is 1.83. The zero-order valence-electron chi connectivity index (χ0n) is 7.22. The third-order valence-corrected chi connectivity index (χ3v) is 2.43. The van der Waals surface area contributed by atoms with Gasteiger partial charge in [-0.15, -0.1) is 11.8 Å². The van der Waals surface area contributed by atoms with E-state index in [1.54, 1.807) is 0 Å². The largest absolute Gasteiger partial charge is 0.322 e. The zero-order valence-corrected chi connectivity index (χ0v) is 8.03. The lowest BCUT2D eigenvalue weighted by atomic mass is 10.2. The molecule has 61 valence electrons. The minimum absolute atomic E-state index is 0.252. The van der Waals surface area contributed by atoms with Crippen LogP contribution in [0.25, 0.3) is 0 Å². The highest BCUT2D eigenvalue weighted by Crippen LogP contribution is 2.44. The highest BCUT2D eigenvalue weighted by atomic mass is 32.2. The molecule has 2 N–H and O–H groups in total. The molecule has 1 aliphatic carbocycles. The minimum Gasteiger partial charge on any atom is -0.322 e. The summed E-state index contributed by atoms with van der Waals surface area (Å²) in [5, 5.41) is 1.19. The molecule has 0 aromatic rings. The number of nitrogens with two attached hydrogens (primary N) is 1. The van der Waals surface area contributed by atoms with Crippen molar-refractivity contribution in [1.82, 2.24) is 0 Å². The van der Waals surface area contributed by atoms with Gasteiger partial charge in [0.1, 0.15) is 0 Å². The Morgan fingerprint density at radius 1 is 1.27 bits per heavy atom. The first-order valence-electron chi connectivity index (χ1n) is 3.69. The van der Waals surface area contributed by atoms with Crippen LogP contribution < -0.4 is 5.73 Å². The molecule has 5 radical (unpaired) electrons. The van der Waals surface area contributed by atoms with Gasteiger partial charge in [0, 0.05) is 4.75 Å². The van der Waals surface area contributed by atoms with E-state index >= 15 is 0 Å². The van der Waals surface area contributed by atoms with Gasteiger partial charge in [-0.05, 0) is 19.3 Å². The van der Waals surface area contributed by atoms with Gasteiger partial charge in [-0.25, -0.2) is 0 Å². The van der Waals surface area contributed by atoms with Gasteiger partial charge in [-0.3, -0.25) is 0 Å². The molecule has 1 nitrogen and oxygen atoms in total. The van der Waals surface area contributed by atoms with E-state index in [1.807, 2.05) is 24.6 Å². The Bertz CT molecular complexity index is 128. The molecule has 1 rings (SSSR count). The van der Waals surface area contributed by atoms with Crippen molar-refractivity contribution in [2.24, 2.45) is 5.73 Å². The first-order chi connectivity index (χ1) is 4.99. The molecular formula is C9H14NS. The second kappa shape index (κ2) is 3.36. The molecule has 0 aromatic carbocycles. The van der Waals surface area contributed by atoms with Gasteiger partial charge >= 0.3 is 0 Å². The topological polar surface area (TPSA) is 26.0 Å². The number of hydrogen-bond acceptors (Lipinski definition) is 2. The van der Waals surface area contributed by atoms with Crippen LogP contribution in [0.1, 0.15) is 20.8 Å². The quantitative estimate of drug-likeness (QED) is 0.649. The van der Waals surface area contributed by atoms with Crippen LogP contribution in [-0.4, -0.2) is 4.75 Å². The van der Waals surface area contributed by atoms with Gasteiger partial charge in [-0.1, -0.05) is 20.8 Å². The summed E-state index contributed by atoms with van der Waals surface area (Å²) < 4.78 is 0.252. The number of rotatable bonds is 1. The Balaban J connectivity index is 2.37. The van der Waals surface area contributed by atoms with Crippen molar-refractivity contribution < 1.29 is 0 Å². The van der Waals surface area contributed by atoms with Crippen LogP contribution in [0.15, 0.2) is 0 Å². The van der Waals surface area contributed by atoms with Crippen LogP contribution >= 0.6 is 11.8 Å². The summed E-state index contributed by atoms with van der Waals surface area (Å²) in [5.41, 5.74) is 5.73. The second-order valence-corrected chi connectivity index (χ2v) is 5.43. The molecule has 1 aliphatic rings. The first-order valence-corrected chi connectivity index (χ1v) is 4.51. The lowest BCUT2D eigenvalue weighted by Crippen LogP contribution is -2.17. The minimum atomic E-state index is 0.252. The summed E-state index contributed by atoms with van der Waals surface area (Å²) in [7, 11) is 0. The van der Waals surface area contributed by atoms with Crippen molar-refractivity contribution >= 4 is 11.8 Å². The third-order valence-electron chi connectivity index (χ3n) is 1.22. The Labute approximate surface area is 74.1 Å². The van der Waals surface area contributed by atoms with Crippen LogP contribution in [0.5, 0.6) is 0 Å². The van der Waals surface area contributed by atoms with Crippen molar-refractivity contribution in [2.45, 2.75) is 25.5 Å². The highest BCUT2D eigenvalue weighted by molar-refractivity contribution is 8.03. The maximum absolute atomic E-state index is 5.73. The summed E-state index contributed by atoms with van der Waals surface area (Å²) in [4.78, 5) is 0. The summed E-state index contributed by atoms with van der Waals surface area (Å²) in [6.07, 6.45) is 5.99. The molecule has 0 amide bonds. The SMILES string of the molecule is CC(C)(C)S[C]1[CH][CH][CH][C]1N. The van der Waals surface area contributed by atoms with E-state index in [0.717, 1.165) is 6.04 Å². The Morgan fingerprint density at radius 3 is 2.27 bits per heavy atom. The van der Waals surface area contributed by atoms with E-state index in [1.165, 1.54) is 5.25 Å². The van der Waals surface area contributed by atoms with Gasteiger partial charge in [0.15, 0.2) is 0 Å². The van der Waals surface area contributed by atoms with Crippen LogP contribution in [0, 0.1) is 30.6 Å². The Hall–Kier alpha value is 0.310. The molecule has 0 bridgehead atoms. The predicted octanol–water partition coefficient (Wildman–Crippen LogP) is 2.17. The monoisotopic (exact) mass is 168 g/mol. The molecule has 0 aromatic heterocycles. The molecule has 0 saturated heterocycles. The summed E-state index contributed by atoms with van der Waals surface area (Å²) >= 11 is 1.81. The summed E-state index contributed by atoms with van der Waals surface area (Å²) in [6, 6.07) is 0.893. The van der Waals surface area contributed by atoms with Crippen molar-refractivity contribution in [3.05, 3.63) is 30.6 Å². The zero-order chi connectivity index (χ0) is 8.48. The van der Waals surface area contributed by atoms with Gasteiger partial charge in [0.2, 0.25) is 0 Å². The lowest BCUT2D eigenvalue weighted by molar-refractivity contribution is 0.803. The van der Waals surface area contributed by atoms with Gasteiger partial charge in [0.05, 0.1) is 11.3 Å². The molecular weight excluding hydrogens is 154 g/mol. The molecule has 11 heavy (non-hydrogen) atoms.